The van der Waals surface area contributed by atoms with E-state index in [1.165, 1.54) is 5.69 Å². The molecule has 2 heterocycles. The molecule has 0 aromatic carbocycles. The van der Waals surface area contributed by atoms with Crippen molar-refractivity contribution < 1.29 is 0 Å². The Balaban J connectivity index is 1.99. The molecule has 1 aliphatic rings. The van der Waals surface area contributed by atoms with E-state index in [0.29, 0.717) is 5.96 Å². The van der Waals surface area contributed by atoms with Crippen LogP contribution >= 0.6 is 0 Å². The third kappa shape index (κ3) is 3.49. The van der Waals surface area contributed by atoms with E-state index in [0.717, 1.165) is 18.9 Å². The van der Waals surface area contributed by atoms with Gasteiger partial charge in [-0.05, 0) is 26.0 Å². The average Bonchev–Trinajstić information content (AvgIpc) is 2.83. The summed E-state index contributed by atoms with van der Waals surface area (Å²) < 4.78 is 0. The molecule has 0 bridgehead atoms. The van der Waals surface area contributed by atoms with E-state index < -0.39 is 0 Å². The van der Waals surface area contributed by atoms with Crippen LogP contribution in [0.25, 0.3) is 0 Å². The highest BCUT2D eigenvalue weighted by Gasteiger charge is 2.18. The largest absolute Gasteiger partial charge is 0.370 e. The zero-order valence-electron chi connectivity index (χ0n) is 11.7. The summed E-state index contributed by atoms with van der Waals surface area (Å²) in [6.07, 6.45) is 2.87. The molecule has 2 atom stereocenters. The van der Waals surface area contributed by atoms with E-state index in [4.69, 9.17) is 5.73 Å². The second-order valence-electron chi connectivity index (χ2n) is 4.94. The number of guanidine groups is 2. The van der Waals surface area contributed by atoms with Crippen molar-refractivity contribution in [2.75, 3.05) is 13.6 Å². The van der Waals surface area contributed by atoms with E-state index in [-0.39, 0.29) is 12.1 Å². The number of aromatic nitrogens is 1. The van der Waals surface area contributed by atoms with Crippen molar-refractivity contribution in [3.8, 4) is 0 Å². The number of aromatic amines is 1. The number of nitrogens with one attached hydrogen (secondary N) is 2. The van der Waals surface area contributed by atoms with Crippen LogP contribution in [-0.2, 0) is 6.42 Å². The minimum Gasteiger partial charge on any atom is -0.370 e. The van der Waals surface area contributed by atoms with Crippen LogP contribution in [0.15, 0.2) is 28.3 Å². The molecule has 19 heavy (non-hydrogen) atoms. The molecule has 6 nitrogen and oxygen atoms in total. The zero-order chi connectivity index (χ0) is 13.8. The molecule has 2 unspecified atom stereocenters. The topological polar surface area (TPSA) is 81.8 Å². The van der Waals surface area contributed by atoms with E-state index >= 15 is 0 Å². The Hall–Kier alpha value is -1.98. The first-order chi connectivity index (χ1) is 9.06. The molecule has 2 rings (SSSR count). The number of H-pyrrole nitrogens is 1. The standard InChI is InChI=1S/C13H22N6/c1-9-10(2)17-13(18-12(14)16-9)19(3)8-6-11-5-4-7-15-11/h4-5,7,9-10,15H,6,8H2,1-3H3,(H3,14,16,17,18). The Bertz CT molecular complexity index is 461. The Labute approximate surface area is 113 Å². The van der Waals surface area contributed by atoms with Crippen LogP contribution < -0.4 is 11.1 Å². The Kier molecular flexibility index (Phi) is 4.09. The molecule has 0 fully saturated rings. The molecule has 1 aromatic heterocycles. The Morgan fingerprint density at radius 3 is 2.74 bits per heavy atom. The molecule has 0 saturated carbocycles. The van der Waals surface area contributed by atoms with Gasteiger partial charge in [-0.25, -0.2) is 9.98 Å². The van der Waals surface area contributed by atoms with Gasteiger partial charge in [-0.15, -0.1) is 0 Å². The lowest BCUT2D eigenvalue weighted by molar-refractivity contribution is 0.486. The molecule has 0 spiro atoms. The van der Waals surface area contributed by atoms with E-state index in [2.05, 4.69) is 31.3 Å². The third-order valence-corrected chi connectivity index (χ3v) is 3.35. The number of rotatable bonds is 3. The Morgan fingerprint density at radius 1 is 1.32 bits per heavy atom. The van der Waals surface area contributed by atoms with E-state index in [1.54, 1.807) is 0 Å². The normalized spacial score (nSPS) is 23.1. The van der Waals surface area contributed by atoms with Gasteiger partial charge in [0.2, 0.25) is 5.96 Å². The molecule has 104 valence electrons. The highest BCUT2D eigenvalue weighted by Crippen LogP contribution is 2.06. The van der Waals surface area contributed by atoms with Crippen LogP contribution in [0.5, 0.6) is 0 Å². The summed E-state index contributed by atoms with van der Waals surface area (Å²) in [5.74, 6) is 1.21. The van der Waals surface area contributed by atoms with Crippen molar-refractivity contribution in [2.24, 2.45) is 15.7 Å². The molecule has 0 radical (unpaired) electrons. The lowest BCUT2D eigenvalue weighted by Gasteiger charge is -2.21. The van der Waals surface area contributed by atoms with Gasteiger partial charge in [-0.3, -0.25) is 5.32 Å². The minimum atomic E-state index is 0.0989. The predicted octanol–water partition coefficient (Wildman–Crippen LogP) is 0.540. The van der Waals surface area contributed by atoms with Crippen molar-refractivity contribution in [3.05, 3.63) is 24.0 Å². The second-order valence-corrected chi connectivity index (χ2v) is 4.94. The van der Waals surface area contributed by atoms with E-state index in [9.17, 15) is 0 Å². The van der Waals surface area contributed by atoms with Gasteiger partial charge in [0.25, 0.3) is 0 Å². The molecule has 1 aromatic rings. The molecule has 0 amide bonds. The van der Waals surface area contributed by atoms with Crippen LogP contribution in [0.4, 0.5) is 0 Å². The van der Waals surface area contributed by atoms with Gasteiger partial charge in [0.05, 0.1) is 12.1 Å². The molecule has 1 aliphatic heterocycles. The van der Waals surface area contributed by atoms with Gasteiger partial charge < -0.3 is 15.6 Å². The molecular formula is C13H22N6. The van der Waals surface area contributed by atoms with Crippen molar-refractivity contribution >= 4 is 11.9 Å². The summed E-state index contributed by atoms with van der Waals surface area (Å²) in [6, 6.07) is 4.31. The smallest absolute Gasteiger partial charge is 0.200 e. The van der Waals surface area contributed by atoms with Crippen LogP contribution in [0.3, 0.4) is 0 Å². The highest BCUT2D eigenvalue weighted by molar-refractivity contribution is 5.98. The molecule has 6 heteroatoms. The van der Waals surface area contributed by atoms with Crippen LogP contribution in [-0.4, -0.2) is 47.5 Å². The van der Waals surface area contributed by atoms with Crippen LogP contribution in [0.2, 0.25) is 0 Å². The van der Waals surface area contributed by atoms with Gasteiger partial charge in [-0.1, -0.05) is 0 Å². The van der Waals surface area contributed by atoms with Crippen LogP contribution in [0.1, 0.15) is 19.5 Å². The first-order valence-corrected chi connectivity index (χ1v) is 6.57. The van der Waals surface area contributed by atoms with Crippen molar-refractivity contribution in [2.45, 2.75) is 32.4 Å². The maximum Gasteiger partial charge on any atom is 0.200 e. The molecular weight excluding hydrogens is 240 g/mol. The summed E-state index contributed by atoms with van der Waals surface area (Å²) >= 11 is 0. The number of hydrogen-bond donors (Lipinski definition) is 3. The lowest BCUT2D eigenvalue weighted by Crippen LogP contribution is -2.45. The van der Waals surface area contributed by atoms with Gasteiger partial charge >= 0.3 is 0 Å². The maximum atomic E-state index is 5.83. The van der Waals surface area contributed by atoms with Gasteiger partial charge in [0.15, 0.2) is 5.96 Å². The fraction of sp³-hybridized carbons (Fsp3) is 0.538. The lowest BCUT2D eigenvalue weighted by atomic mass is 10.2. The van der Waals surface area contributed by atoms with Crippen molar-refractivity contribution in [1.29, 1.82) is 0 Å². The van der Waals surface area contributed by atoms with Gasteiger partial charge in [-0.2, -0.15) is 0 Å². The fourth-order valence-corrected chi connectivity index (χ4v) is 1.92. The SMILES string of the molecule is CC1N=C(N)NC(N(C)CCc2ccc[nH]2)=NC1C. The predicted molar refractivity (Wildman–Crippen MR) is 78.2 cm³/mol. The summed E-state index contributed by atoms with van der Waals surface area (Å²) in [5.41, 5.74) is 7.04. The molecule has 0 aliphatic carbocycles. The van der Waals surface area contributed by atoms with Gasteiger partial charge in [0.1, 0.15) is 0 Å². The van der Waals surface area contributed by atoms with Crippen LogP contribution in [0, 0.1) is 0 Å². The number of hydrogen-bond acceptors (Lipinski definition) is 5. The zero-order valence-corrected chi connectivity index (χ0v) is 11.7. The molecule has 4 N–H and O–H groups in total. The van der Waals surface area contributed by atoms with E-state index in [1.807, 2.05) is 33.2 Å². The highest BCUT2D eigenvalue weighted by atomic mass is 15.3. The van der Waals surface area contributed by atoms with Crippen molar-refractivity contribution in [3.63, 3.8) is 0 Å². The summed E-state index contributed by atoms with van der Waals surface area (Å²) in [4.78, 5) is 14.2. The molecule has 0 saturated heterocycles. The third-order valence-electron chi connectivity index (χ3n) is 3.35. The maximum absolute atomic E-state index is 5.83. The number of nitrogens with two attached hydrogens (primary N) is 1. The number of likely N-dealkylation sites (N-methyl/N-ethyl adjacent to an activating group) is 1. The monoisotopic (exact) mass is 262 g/mol. The average molecular weight is 262 g/mol. The first-order valence-electron chi connectivity index (χ1n) is 6.57. The first kappa shape index (κ1) is 13.5. The summed E-state index contributed by atoms with van der Waals surface area (Å²) in [7, 11) is 2.00. The fourth-order valence-electron chi connectivity index (χ4n) is 1.92. The second kappa shape index (κ2) is 5.77. The minimum absolute atomic E-state index is 0.0989. The van der Waals surface area contributed by atoms with Gasteiger partial charge in [0, 0.05) is 31.9 Å². The Morgan fingerprint density at radius 2 is 2.05 bits per heavy atom. The summed E-state index contributed by atoms with van der Waals surface area (Å²) in [5, 5.41) is 3.06. The quantitative estimate of drug-likeness (QED) is 0.743. The van der Waals surface area contributed by atoms with Crippen molar-refractivity contribution in [1.82, 2.24) is 15.2 Å². The summed E-state index contributed by atoms with van der Waals surface area (Å²) in [6.45, 7) is 4.93. The number of aliphatic imine (C=N–C) groups is 2. The number of nitrogens with zero attached hydrogens (tertiary/aromatic N) is 3.